The van der Waals surface area contributed by atoms with Gasteiger partial charge in [-0.25, -0.2) is 0 Å². The summed E-state index contributed by atoms with van der Waals surface area (Å²) in [6, 6.07) is 1.86. The van der Waals surface area contributed by atoms with Crippen LogP contribution in [0.2, 0.25) is 0 Å². The molecule has 0 radical (unpaired) electrons. The summed E-state index contributed by atoms with van der Waals surface area (Å²) in [7, 11) is 0. The van der Waals surface area contributed by atoms with Crippen molar-refractivity contribution in [2.45, 2.75) is 58.5 Å². The predicted molar refractivity (Wildman–Crippen MR) is 78.8 cm³/mol. The zero-order valence-corrected chi connectivity index (χ0v) is 13.0. The highest BCUT2D eigenvalue weighted by Gasteiger charge is 2.35. The van der Waals surface area contributed by atoms with Crippen molar-refractivity contribution in [1.29, 1.82) is 0 Å². The maximum absolute atomic E-state index is 11.8. The molecule has 0 bridgehead atoms. The fourth-order valence-electron chi connectivity index (χ4n) is 2.16. The molecule has 1 heterocycles. The summed E-state index contributed by atoms with van der Waals surface area (Å²) >= 11 is 0. The van der Waals surface area contributed by atoms with Crippen molar-refractivity contribution in [3.8, 4) is 0 Å². The van der Waals surface area contributed by atoms with E-state index in [1.165, 1.54) is 0 Å². The summed E-state index contributed by atoms with van der Waals surface area (Å²) in [6.07, 6.45) is 1.32. The number of hydrogen-bond acceptors (Lipinski definition) is 4. The molecule has 6 heteroatoms. The number of nitrogens with zero attached hydrogens (tertiary/aromatic N) is 1. The smallest absolute Gasteiger partial charge is 0.306 e. The lowest BCUT2D eigenvalue weighted by atomic mass is 10.2. The summed E-state index contributed by atoms with van der Waals surface area (Å²) in [5.41, 5.74) is 0.538. The Bertz CT molecular complexity index is 531. The average Bonchev–Trinajstić information content (AvgIpc) is 2.89. The van der Waals surface area contributed by atoms with Crippen LogP contribution >= 0.6 is 0 Å². The number of carbonyl (C=O) groups excluding carboxylic acids is 2. The average molecular weight is 293 g/mol. The van der Waals surface area contributed by atoms with E-state index >= 15 is 0 Å². The van der Waals surface area contributed by atoms with E-state index in [1.807, 2.05) is 6.07 Å². The van der Waals surface area contributed by atoms with Crippen molar-refractivity contribution in [2.75, 3.05) is 5.32 Å². The second-order valence-corrected chi connectivity index (χ2v) is 6.66. The molecular weight excluding hydrogens is 270 g/mol. The highest BCUT2D eigenvalue weighted by atomic mass is 16.6. The van der Waals surface area contributed by atoms with Crippen LogP contribution in [0.5, 0.6) is 0 Å². The van der Waals surface area contributed by atoms with E-state index < -0.39 is 5.60 Å². The van der Waals surface area contributed by atoms with Crippen LogP contribution in [-0.2, 0) is 14.3 Å². The van der Waals surface area contributed by atoms with Gasteiger partial charge in [-0.2, -0.15) is 5.10 Å². The minimum atomic E-state index is -0.522. The molecule has 1 aromatic rings. The Kier molecular flexibility index (Phi) is 4.34. The molecule has 1 fully saturated rings. The first kappa shape index (κ1) is 15.5. The molecular formula is C15H23N3O3. The van der Waals surface area contributed by atoms with Gasteiger partial charge in [0.2, 0.25) is 5.91 Å². The molecule has 1 aliphatic rings. The number of aromatic amines is 1. The normalized spacial score (nSPS) is 21.0. The van der Waals surface area contributed by atoms with Crippen molar-refractivity contribution in [1.82, 2.24) is 10.2 Å². The SMILES string of the molecule is C[C@H]1C[C@H]1c1cc(NC(=O)CCC(=O)OC(C)(C)C)n[nH]1. The topological polar surface area (TPSA) is 84.1 Å². The number of nitrogens with one attached hydrogen (secondary N) is 2. The zero-order chi connectivity index (χ0) is 15.6. The Hall–Kier alpha value is -1.85. The van der Waals surface area contributed by atoms with Crippen molar-refractivity contribution in [3.63, 3.8) is 0 Å². The summed E-state index contributed by atoms with van der Waals surface area (Å²) in [5, 5.41) is 9.70. The fraction of sp³-hybridized carbons (Fsp3) is 0.667. The number of ether oxygens (including phenoxy) is 1. The Balaban J connectivity index is 1.74. The van der Waals surface area contributed by atoms with Gasteiger partial charge in [-0.1, -0.05) is 6.92 Å². The molecule has 2 atom stereocenters. The van der Waals surface area contributed by atoms with Gasteiger partial charge in [0.05, 0.1) is 6.42 Å². The zero-order valence-electron chi connectivity index (χ0n) is 13.0. The van der Waals surface area contributed by atoms with E-state index in [1.54, 1.807) is 20.8 Å². The Morgan fingerprint density at radius 3 is 2.67 bits per heavy atom. The molecule has 1 saturated carbocycles. The maximum atomic E-state index is 11.8. The molecule has 0 saturated heterocycles. The number of H-pyrrole nitrogens is 1. The van der Waals surface area contributed by atoms with Gasteiger partial charge in [0.1, 0.15) is 5.60 Å². The predicted octanol–water partition coefficient (Wildman–Crippen LogP) is 2.59. The third-order valence-electron chi connectivity index (χ3n) is 3.35. The van der Waals surface area contributed by atoms with E-state index in [9.17, 15) is 9.59 Å². The first-order valence-electron chi connectivity index (χ1n) is 7.31. The lowest BCUT2D eigenvalue weighted by Gasteiger charge is -2.19. The van der Waals surface area contributed by atoms with E-state index in [-0.39, 0.29) is 24.7 Å². The molecule has 6 nitrogen and oxygen atoms in total. The quantitative estimate of drug-likeness (QED) is 0.817. The van der Waals surface area contributed by atoms with Crippen LogP contribution in [0, 0.1) is 5.92 Å². The third kappa shape index (κ3) is 4.88. The summed E-state index contributed by atoms with van der Waals surface area (Å²) in [6.45, 7) is 7.59. The summed E-state index contributed by atoms with van der Waals surface area (Å²) in [5.74, 6) is 1.12. The van der Waals surface area contributed by atoms with Crippen LogP contribution in [0.3, 0.4) is 0 Å². The van der Waals surface area contributed by atoms with Gasteiger partial charge in [0.25, 0.3) is 0 Å². The first-order valence-corrected chi connectivity index (χ1v) is 7.31. The van der Waals surface area contributed by atoms with Gasteiger partial charge in [-0.3, -0.25) is 14.7 Å². The lowest BCUT2D eigenvalue weighted by Crippen LogP contribution is -2.24. The van der Waals surface area contributed by atoms with E-state index in [2.05, 4.69) is 22.4 Å². The molecule has 21 heavy (non-hydrogen) atoms. The second kappa shape index (κ2) is 5.87. The third-order valence-corrected chi connectivity index (χ3v) is 3.35. The lowest BCUT2D eigenvalue weighted by molar-refractivity contribution is -0.155. The molecule has 1 aromatic heterocycles. The van der Waals surface area contributed by atoms with Gasteiger partial charge in [0, 0.05) is 24.1 Å². The molecule has 0 spiro atoms. The molecule has 1 aliphatic carbocycles. The number of hydrogen-bond donors (Lipinski definition) is 2. The number of carbonyl (C=O) groups is 2. The van der Waals surface area contributed by atoms with Crippen molar-refractivity contribution < 1.29 is 14.3 Å². The maximum Gasteiger partial charge on any atom is 0.306 e. The number of esters is 1. The Morgan fingerprint density at radius 2 is 2.10 bits per heavy atom. The molecule has 1 amide bonds. The highest BCUT2D eigenvalue weighted by molar-refractivity contribution is 5.91. The van der Waals surface area contributed by atoms with Gasteiger partial charge in [-0.15, -0.1) is 0 Å². The molecule has 116 valence electrons. The number of amides is 1. The van der Waals surface area contributed by atoms with Crippen LogP contribution in [0.25, 0.3) is 0 Å². The number of aromatic nitrogens is 2. The van der Waals surface area contributed by atoms with E-state index in [0.29, 0.717) is 17.7 Å². The van der Waals surface area contributed by atoms with Crippen LogP contribution in [0.15, 0.2) is 6.07 Å². The minimum Gasteiger partial charge on any atom is -0.460 e. The first-order chi connectivity index (χ1) is 9.74. The standard InChI is InChI=1S/C15H23N3O3/c1-9-7-10(9)11-8-12(18-17-11)16-13(19)5-6-14(20)21-15(2,3)4/h8-10H,5-7H2,1-4H3,(H2,16,17,18,19)/t9-,10+/m0/s1. The molecule has 2 rings (SSSR count). The second-order valence-electron chi connectivity index (χ2n) is 6.66. The van der Waals surface area contributed by atoms with Crippen molar-refractivity contribution >= 4 is 17.7 Å². The largest absolute Gasteiger partial charge is 0.460 e. The van der Waals surface area contributed by atoms with Crippen molar-refractivity contribution in [2.24, 2.45) is 5.92 Å². The van der Waals surface area contributed by atoms with Gasteiger partial charge in [0.15, 0.2) is 5.82 Å². The van der Waals surface area contributed by atoms with Crippen LogP contribution in [0.4, 0.5) is 5.82 Å². The minimum absolute atomic E-state index is 0.0695. The highest BCUT2D eigenvalue weighted by Crippen LogP contribution is 2.46. The summed E-state index contributed by atoms with van der Waals surface area (Å²) in [4.78, 5) is 23.3. The van der Waals surface area contributed by atoms with Crippen molar-refractivity contribution in [3.05, 3.63) is 11.8 Å². The van der Waals surface area contributed by atoms with E-state index in [4.69, 9.17) is 4.74 Å². The molecule has 2 N–H and O–H groups in total. The Morgan fingerprint density at radius 1 is 1.43 bits per heavy atom. The van der Waals surface area contributed by atoms with Gasteiger partial charge in [-0.05, 0) is 33.1 Å². The van der Waals surface area contributed by atoms with Gasteiger partial charge < -0.3 is 10.1 Å². The number of rotatable bonds is 5. The monoisotopic (exact) mass is 293 g/mol. The Labute approximate surface area is 124 Å². The molecule has 0 aliphatic heterocycles. The molecule has 0 aromatic carbocycles. The fourth-order valence-corrected chi connectivity index (χ4v) is 2.16. The number of anilines is 1. The van der Waals surface area contributed by atoms with Crippen LogP contribution < -0.4 is 5.32 Å². The molecule has 0 unspecified atom stereocenters. The van der Waals surface area contributed by atoms with E-state index in [0.717, 1.165) is 12.1 Å². The van der Waals surface area contributed by atoms with Gasteiger partial charge >= 0.3 is 5.97 Å². The van der Waals surface area contributed by atoms with Crippen LogP contribution in [0.1, 0.15) is 58.6 Å². The summed E-state index contributed by atoms with van der Waals surface area (Å²) < 4.78 is 5.15. The van der Waals surface area contributed by atoms with Crippen LogP contribution in [-0.4, -0.2) is 27.7 Å².